The van der Waals surface area contributed by atoms with E-state index in [4.69, 9.17) is 18.9 Å². The van der Waals surface area contributed by atoms with E-state index in [9.17, 15) is 9.59 Å². The summed E-state index contributed by atoms with van der Waals surface area (Å²) in [7, 11) is 3.14. The van der Waals surface area contributed by atoms with Crippen LogP contribution in [0.25, 0.3) is 6.08 Å². The maximum Gasteiger partial charge on any atom is 0.338 e. The summed E-state index contributed by atoms with van der Waals surface area (Å²) in [5.74, 6) is 1.28. The molecule has 0 saturated heterocycles. The van der Waals surface area contributed by atoms with E-state index in [-0.39, 0.29) is 11.7 Å². The summed E-state index contributed by atoms with van der Waals surface area (Å²) in [6.45, 7) is 9.34. The van der Waals surface area contributed by atoms with Crippen LogP contribution in [0.2, 0.25) is 0 Å². The number of rotatable bonds is 9. The molecule has 1 aliphatic rings. The molecule has 1 aliphatic heterocycles. The van der Waals surface area contributed by atoms with Gasteiger partial charge in [-0.25, -0.2) is 9.79 Å². The summed E-state index contributed by atoms with van der Waals surface area (Å²) in [5, 5.41) is 0. The average molecular weight is 535 g/mol. The van der Waals surface area contributed by atoms with Crippen LogP contribution in [0.4, 0.5) is 0 Å². The van der Waals surface area contributed by atoms with E-state index in [2.05, 4.69) is 11.6 Å². The number of benzene rings is 2. The number of ether oxygens (including phenoxy) is 4. The Hall–Kier alpha value is -4.11. The molecular formula is C29H30N2O6S. The molecule has 0 aliphatic carbocycles. The molecule has 0 fully saturated rings. The summed E-state index contributed by atoms with van der Waals surface area (Å²) in [6.07, 6.45) is 3.11. The van der Waals surface area contributed by atoms with Crippen molar-refractivity contribution in [1.29, 1.82) is 0 Å². The third-order valence-corrected chi connectivity index (χ3v) is 6.84. The summed E-state index contributed by atoms with van der Waals surface area (Å²) >= 11 is 1.26. The van der Waals surface area contributed by atoms with Gasteiger partial charge in [0.05, 0.1) is 42.2 Å². The van der Waals surface area contributed by atoms with Gasteiger partial charge in [0.1, 0.15) is 12.4 Å². The maximum absolute atomic E-state index is 13.8. The fourth-order valence-electron chi connectivity index (χ4n) is 4.16. The lowest BCUT2D eigenvalue weighted by Crippen LogP contribution is -2.40. The SMILES string of the molecule is C=CCOc1ccc(/C=c2/sc3n(c2=O)[C@@H](c2ccc(OC)cc2)C(C(=O)OC(C)C)=C(C)N=3)cc1OC. The van der Waals surface area contributed by atoms with E-state index in [1.807, 2.05) is 18.2 Å². The highest BCUT2D eigenvalue weighted by atomic mass is 32.1. The fourth-order valence-corrected chi connectivity index (χ4v) is 5.20. The Morgan fingerprint density at radius 1 is 1.13 bits per heavy atom. The molecule has 0 saturated carbocycles. The Morgan fingerprint density at radius 3 is 2.50 bits per heavy atom. The van der Waals surface area contributed by atoms with Crippen molar-refractivity contribution >= 4 is 23.4 Å². The van der Waals surface area contributed by atoms with Gasteiger partial charge in [0, 0.05) is 0 Å². The number of hydrogen-bond donors (Lipinski definition) is 0. The highest BCUT2D eigenvalue weighted by molar-refractivity contribution is 7.07. The molecule has 8 nitrogen and oxygen atoms in total. The summed E-state index contributed by atoms with van der Waals surface area (Å²) < 4.78 is 24.0. The quantitative estimate of drug-likeness (QED) is 0.307. The Bertz CT molecular complexity index is 1560. The standard InChI is InChI=1S/C29H30N2O6S/c1-7-14-36-22-13-8-19(15-23(22)35-6)16-24-27(32)31-26(20-9-11-21(34-5)12-10-20)25(28(33)37-17(2)3)18(4)30-29(31)38-24/h7-13,15-17,26H,1,14H2,2-6H3/b24-16+/t26-/m0/s1. The van der Waals surface area contributed by atoms with Gasteiger partial charge in [-0.3, -0.25) is 9.36 Å². The minimum Gasteiger partial charge on any atom is -0.497 e. The smallest absolute Gasteiger partial charge is 0.338 e. The van der Waals surface area contributed by atoms with Crippen LogP contribution in [0.5, 0.6) is 17.2 Å². The van der Waals surface area contributed by atoms with E-state index in [1.165, 1.54) is 11.3 Å². The second kappa shape index (κ2) is 11.5. The highest BCUT2D eigenvalue weighted by Gasteiger charge is 2.33. The number of carbonyl (C=O) groups is 1. The van der Waals surface area contributed by atoms with Gasteiger partial charge < -0.3 is 18.9 Å². The van der Waals surface area contributed by atoms with Gasteiger partial charge in [0.25, 0.3) is 5.56 Å². The van der Waals surface area contributed by atoms with E-state index in [0.717, 1.165) is 11.1 Å². The van der Waals surface area contributed by atoms with Crippen LogP contribution in [-0.4, -0.2) is 37.5 Å². The number of hydrogen-bond acceptors (Lipinski definition) is 8. The van der Waals surface area contributed by atoms with Crippen LogP contribution < -0.4 is 29.1 Å². The molecule has 0 spiro atoms. The summed E-state index contributed by atoms with van der Waals surface area (Å²) in [4.78, 5) is 32.1. The van der Waals surface area contributed by atoms with Gasteiger partial charge in [-0.05, 0) is 62.2 Å². The van der Waals surface area contributed by atoms with Crippen LogP contribution >= 0.6 is 11.3 Å². The molecule has 2 aromatic carbocycles. The van der Waals surface area contributed by atoms with E-state index in [0.29, 0.717) is 44.5 Å². The van der Waals surface area contributed by atoms with Crippen molar-refractivity contribution in [2.24, 2.45) is 4.99 Å². The van der Waals surface area contributed by atoms with Crippen molar-refractivity contribution in [3.05, 3.63) is 97.2 Å². The maximum atomic E-state index is 13.8. The van der Waals surface area contributed by atoms with E-state index >= 15 is 0 Å². The number of aromatic nitrogens is 1. The van der Waals surface area contributed by atoms with Crippen molar-refractivity contribution in [2.75, 3.05) is 20.8 Å². The summed E-state index contributed by atoms with van der Waals surface area (Å²) in [6, 6.07) is 12.0. The number of allylic oxidation sites excluding steroid dienone is 1. The van der Waals surface area contributed by atoms with Crippen molar-refractivity contribution in [1.82, 2.24) is 4.57 Å². The predicted molar refractivity (Wildman–Crippen MR) is 147 cm³/mol. The van der Waals surface area contributed by atoms with Gasteiger partial charge in [0.15, 0.2) is 16.3 Å². The number of carbonyl (C=O) groups excluding carboxylic acids is 1. The normalized spacial score (nSPS) is 15.1. The summed E-state index contributed by atoms with van der Waals surface area (Å²) in [5.41, 5.74) is 2.08. The minimum absolute atomic E-state index is 0.261. The lowest BCUT2D eigenvalue weighted by Gasteiger charge is -2.25. The van der Waals surface area contributed by atoms with Gasteiger partial charge >= 0.3 is 5.97 Å². The monoisotopic (exact) mass is 534 g/mol. The first-order chi connectivity index (χ1) is 18.3. The van der Waals surface area contributed by atoms with Crippen molar-refractivity contribution < 1.29 is 23.7 Å². The molecule has 38 heavy (non-hydrogen) atoms. The van der Waals surface area contributed by atoms with Crippen molar-refractivity contribution in [3.63, 3.8) is 0 Å². The number of thiazole rings is 1. The van der Waals surface area contributed by atoms with Crippen LogP contribution in [0.15, 0.2) is 76.2 Å². The second-order valence-electron chi connectivity index (χ2n) is 8.82. The third-order valence-electron chi connectivity index (χ3n) is 5.86. The van der Waals surface area contributed by atoms with Gasteiger partial charge in [-0.15, -0.1) is 0 Å². The van der Waals surface area contributed by atoms with Gasteiger partial charge in [-0.2, -0.15) is 0 Å². The number of esters is 1. The zero-order chi connectivity index (χ0) is 27.4. The molecule has 0 radical (unpaired) electrons. The average Bonchev–Trinajstić information content (AvgIpc) is 3.20. The van der Waals surface area contributed by atoms with Crippen LogP contribution in [0, 0.1) is 0 Å². The Kier molecular flexibility index (Phi) is 8.16. The molecule has 3 aromatic rings. The molecular weight excluding hydrogens is 504 g/mol. The van der Waals surface area contributed by atoms with Gasteiger partial charge in [-0.1, -0.05) is 42.2 Å². The Balaban J connectivity index is 1.87. The zero-order valence-electron chi connectivity index (χ0n) is 22.0. The van der Waals surface area contributed by atoms with Crippen molar-refractivity contribution in [2.45, 2.75) is 32.9 Å². The topological polar surface area (TPSA) is 88.4 Å². The van der Waals surface area contributed by atoms with Crippen LogP contribution in [-0.2, 0) is 9.53 Å². The highest BCUT2D eigenvalue weighted by Crippen LogP contribution is 2.32. The Labute approximate surface area is 224 Å². The van der Waals surface area contributed by atoms with E-state index in [1.54, 1.807) is 76.0 Å². The number of methoxy groups -OCH3 is 2. The third kappa shape index (κ3) is 5.43. The molecule has 9 heteroatoms. The fraction of sp³-hybridized carbons (Fsp3) is 0.276. The molecule has 1 atom stereocenters. The number of fused-ring (bicyclic) bond motifs is 1. The van der Waals surface area contributed by atoms with E-state index < -0.39 is 12.0 Å². The van der Waals surface area contributed by atoms with Crippen LogP contribution in [0.1, 0.15) is 37.9 Å². The molecule has 4 rings (SSSR count). The molecule has 0 N–H and O–H groups in total. The molecule has 1 aromatic heterocycles. The molecule has 2 heterocycles. The van der Waals surface area contributed by atoms with Crippen LogP contribution in [0.3, 0.4) is 0 Å². The zero-order valence-corrected chi connectivity index (χ0v) is 22.8. The molecule has 0 unspecified atom stereocenters. The molecule has 0 bridgehead atoms. The molecule has 0 amide bonds. The molecule has 198 valence electrons. The first-order valence-electron chi connectivity index (χ1n) is 12.1. The lowest BCUT2D eigenvalue weighted by atomic mass is 9.96. The largest absolute Gasteiger partial charge is 0.497 e. The minimum atomic E-state index is -0.699. The first-order valence-corrected chi connectivity index (χ1v) is 12.9. The lowest BCUT2D eigenvalue weighted by molar-refractivity contribution is -0.143. The second-order valence-corrected chi connectivity index (χ2v) is 9.83. The predicted octanol–water partition coefficient (Wildman–Crippen LogP) is 3.77. The van der Waals surface area contributed by atoms with Crippen molar-refractivity contribution in [3.8, 4) is 17.2 Å². The Morgan fingerprint density at radius 2 is 1.87 bits per heavy atom. The first kappa shape index (κ1) is 26.9. The number of nitrogens with zero attached hydrogens (tertiary/aromatic N) is 2. The van der Waals surface area contributed by atoms with Gasteiger partial charge in [0.2, 0.25) is 0 Å².